The van der Waals surface area contributed by atoms with Crippen LogP contribution in [0, 0.1) is 6.92 Å². The van der Waals surface area contributed by atoms with Crippen molar-refractivity contribution in [1.82, 2.24) is 5.01 Å². The van der Waals surface area contributed by atoms with E-state index in [9.17, 15) is 9.59 Å². The standard InChI is InChI=1S/C27H23ClN4O2S/c1-17-7-9-19(10-8-17)23-15-22(18-5-3-2-4-6-18)31-32(23)27-30-26(34)24(35-27)16-25(33)29-21-13-11-20(28)12-14-21/h2-14,23-24H,15-16H2,1H3,(H,29,33)/t23-,24-/m1/s1. The Hall–Kier alpha value is -3.42. The Labute approximate surface area is 213 Å². The van der Waals surface area contributed by atoms with E-state index in [1.807, 2.05) is 35.3 Å². The van der Waals surface area contributed by atoms with Gasteiger partial charge in [0.1, 0.15) is 5.25 Å². The highest BCUT2D eigenvalue weighted by Gasteiger charge is 2.39. The van der Waals surface area contributed by atoms with Gasteiger partial charge in [-0.05, 0) is 42.3 Å². The van der Waals surface area contributed by atoms with Gasteiger partial charge in [-0.25, -0.2) is 5.01 Å². The predicted molar refractivity (Wildman–Crippen MR) is 142 cm³/mol. The fourth-order valence-electron chi connectivity index (χ4n) is 4.06. The largest absolute Gasteiger partial charge is 0.326 e. The third-order valence-electron chi connectivity index (χ3n) is 5.90. The van der Waals surface area contributed by atoms with Crippen molar-refractivity contribution >= 4 is 51.7 Å². The number of carbonyl (C=O) groups excluding carboxylic acids is 2. The number of nitrogens with zero attached hydrogens (tertiary/aromatic N) is 3. The highest BCUT2D eigenvalue weighted by molar-refractivity contribution is 8.15. The average Bonchev–Trinajstić information content (AvgIpc) is 3.46. The van der Waals surface area contributed by atoms with Gasteiger partial charge in [-0.3, -0.25) is 9.59 Å². The Kier molecular flexibility index (Phi) is 6.70. The van der Waals surface area contributed by atoms with Crippen LogP contribution < -0.4 is 5.32 Å². The molecule has 0 radical (unpaired) electrons. The van der Waals surface area contributed by atoms with Crippen LogP contribution in [0.25, 0.3) is 0 Å². The Morgan fingerprint density at radius 1 is 1.06 bits per heavy atom. The molecule has 3 aromatic carbocycles. The van der Waals surface area contributed by atoms with Crippen molar-refractivity contribution < 1.29 is 9.59 Å². The minimum Gasteiger partial charge on any atom is -0.326 e. The quantitative estimate of drug-likeness (QED) is 0.476. The predicted octanol–water partition coefficient (Wildman–Crippen LogP) is 5.83. The Morgan fingerprint density at radius 2 is 1.77 bits per heavy atom. The van der Waals surface area contributed by atoms with E-state index in [0.29, 0.717) is 22.3 Å². The number of amides is 2. The number of hydrogen-bond donors (Lipinski definition) is 1. The molecule has 0 saturated carbocycles. The number of anilines is 1. The zero-order chi connectivity index (χ0) is 24.4. The summed E-state index contributed by atoms with van der Waals surface area (Å²) in [4.78, 5) is 29.6. The summed E-state index contributed by atoms with van der Waals surface area (Å²) in [6.45, 7) is 2.05. The van der Waals surface area contributed by atoms with E-state index in [-0.39, 0.29) is 24.3 Å². The third kappa shape index (κ3) is 5.31. The fraction of sp³-hybridized carbons (Fsp3) is 0.185. The average molecular weight is 503 g/mol. The summed E-state index contributed by atoms with van der Waals surface area (Å²) in [7, 11) is 0. The molecule has 1 N–H and O–H groups in total. The minimum atomic E-state index is -0.591. The first-order valence-electron chi connectivity index (χ1n) is 11.3. The second-order valence-electron chi connectivity index (χ2n) is 8.49. The van der Waals surface area contributed by atoms with E-state index in [4.69, 9.17) is 16.7 Å². The van der Waals surface area contributed by atoms with Crippen LogP contribution in [-0.2, 0) is 9.59 Å². The molecule has 35 heavy (non-hydrogen) atoms. The van der Waals surface area contributed by atoms with Crippen LogP contribution in [0.15, 0.2) is 89.0 Å². The molecular weight excluding hydrogens is 480 g/mol. The van der Waals surface area contributed by atoms with E-state index in [0.717, 1.165) is 16.8 Å². The molecule has 2 atom stereocenters. The maximum absolute atomic E-state index is 12.7. The Bertz CT molecular complexity index is 1310. The molecule has 0 spiro atoms. The Balaban J connectivity index is 1.34. The molecule has 0 bridgehead atoms. The fourth-order valence-corrected chi connectivity index (χ4v) is 5.25. The van der Waals surface area contributed by atoms with Crippen LogP contribution in [0.1, 0.15) is 35.6 Å². The van der Waals surface area contributed by atoms with Crippen molar-refractivity contribution in [2.45, 2.75) is 31.1 Å². The summed E-state index contributed by atoms with van der Waals surface area (Å²) in [5, 5.41) is 10.1. The van der Waals surface area contributed by atoms with Gasteiger partial charge in [0, 0.05) is 23.6 Å². The van der Waals surface area contributed by atoms with Crippen molar-refractivity contribution in [2.24, 2.45) is 10.1 Å². The highest BCUT2D eigenvalue weighted by atomic mass is 35.5. The number of nitrogens with one attached hydrogen (secondary N) is 1. The lowest BCUT2D eigenvalue weighted by molar-refractivity contribution is -0.121. The number of hydrogen-bond acceptors (Lipinski definition) is 5. The molecule has 0 aromatic heterocycles. The molecule has 2 aliphatic rings. The zero-order valence-electron chi connectivity index (χ0n) is 19.0. The van der Waals surface area contributed by atoms with Crippen LogP contribution in [-0.4, -0.2) is 33.0 Å². The Morgan fingerprint density at radius 3 is 2.49 bits per heavy atom. The van der Waals surface area contributed by atoms with Crippen LogP contribution in [0.3, 0.4) is 0 Å². The monoisotopic (exact) mass is 502 g/mol. The number of benzene rings is 3. The van der Waals surface area contributed by atoms with Crippen molar-refractivity contribution in [2.75, 3.05) is 5.32 Å². The number of aliphatic imine (C=N–C) groups is 1. The normalized spacial score (nSPS) is 19.5. The molecule has 2 aliphatic heterocycles. The van der Waals surface area contributed by atoms with E-state index in [1.165, 1.54) is 17.3 Å². The summed E-state index contributed by atoms with van der Waals surface area (Å²) in [6.07, 6.45) is 0.722. The summed E-state index contributed by atoms with van der Waals surface area (Å²) < 4.78 is 0. The van der Waals surface area contributed by atoms with Gasteiger partial charge in [-0.1, -0.05) is 83.5 Å². The van der Waals surface area contributed by atoms with Crippen molar-refractivity contribution in [3.63, 3.8) is 0 Å². The molecule has 2 amide bonds. The number of aryl methyl sites for hydroxylation is 1. The first-order valence-corrected chi connectivity index (χ1v) is 12.6. The molecule has 3 aromatic rings. The SMILES string of the molecule is Cc1ccc([C@H]2CC(c3ccccc3)=NN2C2=NC(=O)[C@@H](CC(=O)Nc3ccc(Cl)cc3)S2)cc1. The maximum Gasteiger partial charge on any atom is 0.262 e. The van der Waals surface area contributed by atoms with Gasteiger partial charge in [-0.2, -0.15) is 10.1 Å². The first-order chi connectivity index (χ1) is 17.0. The van der Waals surface area contributed by atoms with Gasteiger partial charge >= 0.3 is 0 Å². The van der Waals surface area contributed by atoms with Crippen molar-refractivity contribution in [3.05, 3.63) is 101 Å². The minimum absolute atomic E-state index is 0.0252. The number of hydrazone groups is 1. The maximum atomic E-state index is 12.7. The molecular formula is C27H23ClN4O2S. The lowest BCUT2D eigenvalue weighted by Crippen LogP contribution is -2.25. The number of thioether (sulfide) groups is 1. The molecule has 0 unspecified atom stereocenters. The number of carbonyl (C=O) groups is 2. The second kappa shape index (κ2) is 10.1. The summed E-state index contributed by atoms with van der Waals surface area (Å²) in [5.41, 5.74) is 4.89. The zero-order valence-corrected chi connectivity index (χ0v) is 20.6. The molecule has 0 aliphatic carbocycles. The van der Waals surface area contributed by atoms with Crippen LogP contribution in [0.2, 0.25) is 5.02 Å². The van der Waals surface area contributed by atoms with Crippen LogP contribution in [0.5, 0.6) is 0 Å². The highest BCUT2D eigenvalue weighted by Crippen LogP contribution is 2.38. The van der Waals surface area contributed by atoms with E-state index >= 15 is 0 Å². The summed E-state index contributed by atoms with van der Waals surface area (Å²) >= 11 is 7.20. The number of rotatable bonds is 5. The van der Waals surface area contributed by atoms with Crippen LogP contribution >= 0.6 is 23.4 Å². The van der Waals surface area contributed by atoms with Gasteiger partial charge in [0.05, 0.1) is 11.8 Å². The van der Waals surface area contributed by atoms with Crippen molar-refractivity contribution in [3.8, 4) is 0 Å². The molecule has 6 nitrogen and oxygen atoms in total. The van der Waals surface area contributed by atoms with Gasteiger partial charge in [0.2, 0.25) is 5.91 Å². The number of halogens is 1. The van der Waals surface area contributed by atoms with E-state index in [2.05, 4.69) is 41.5 Å². The van der Waals surface area contributed by atoms with Crippen LogP contribution in [0.4, 0.5) is 5.69 Å². The van der Waals surface area contributed by atoms with E-state index < -0.39 is 5.25 Å². The topological polar surface area (TPSA) is 74.1 Å². The van der Waals surface area contributed by atoms with Gasteiger partial charge in [-0.15, -0.1) is 0 Å². The second-order valence-corrected chi connectivity index (χ2v) is 10.1. The molecule has 5 rings (SSSR count). The van der Waals surface area contributed by atoms with Gasteiger partial charge in [0.15, 0.2) is 5.17 Å². The molecule has 2 heterocycles. The van der Waals surface area contributed by atoms with Crippen molar-refractivity contribution in [1.29, 1.82) is 0 Å². The number of amidine groups is 1. The summed E-state index contributed by atoms with van der Waals surface area (Å²) in [5.74, 6) is -0.568. The summed E-state index contributed by atoms with van der Waals surface area (Å²) in [6, 6.07) is 25.1. The smallest absolute Gasteiger partial charge is 0.262 e. The molecule has 0 fully saturated rings. The van der Waals surface area contributed by atoms with Gasteiger partial charge in [0.25, 0.3) is 5.91 Å². The molecule has 176 valence electrons. The molecule has 8 heteroatoms. The molecule has 0 saturated heterocycles. The lowest BCUT2D eigenvalue weighted by Gasteiger charge is -2.23. The van der Waals surface area contributed by atoms with E-state index in [1.54, 1.807) is 24.3 Å². The first kappa shape index (κ1) is 23.3. The lowest BCUT2D eigenvalue weighted by atomic mass is 9.98. The van der Waals surface area contributed by atoms with Gasteiger partial charge < -0.3 is 5.32 Å². The third-order valence-corrected chi connectivity index (χ3v) is 7.30.